The van der Waals surface area contributed by atoms with Gasteiger partial charge in [0.05, 0.1) is 0 Å². The number of rotatable bonds is 3. The third kappa shape index (κ3) is 78.7. The Labute approximate surface area is 284 Å². The van der Waals surface area contributed by atoms with Crippen molar-refractivity contribution in [2.75, 3.05) is 14.1 Å². The summed E-state index contributed by atoms with van der Waals surface area (Å²) in [6.45, 7) is 29.0. The van der Waals surface area contributed by atoms with Gasteiger partial charge in [-0.05, 0) is 6.92 Å². The van der Waals surface area contributed by atoms with Gasteiger partial charge in [0.1, 0.15) is 5.78 Å². The van der Waals surface area contributed by atoms with Gasteiger partial charge in [0.2, 0.25) is 5.91 Å². The van der Waals surface area contributed by atoms with E-state index in [9.17, 15) is 9.59 Å². The Bertz CT molecular complexity index is 447. The summed E-state index contributed by atoms with van der Waals surface area (Å²) in [5.74, 6) is 0.705. The molecule has 1 unspecified atom stereocenters. The predicted octanol–water partition coefficient (Wildman–Crippen LogP) is 10.8. The number of hydrogen-bond acceptors (Lipinski definition) is 2. The van der Waals surface area contributed by atoms with Crippen LogP contribution >= 0.6 is 59.9 Å². The van der Waals surface area contributed by atoms with Crippen LogP contribution in [-0.4, -0.2) is 30.7 Å². The normalized spacial score (nSPS) is 8.69. The number of amides is 1. The Hall–Kier alpha value is 2.24. The maximum absolute atomic E-state index is 11.0. The number of ketones is 1. The van der Waals surface area contributed by atoms with Gasteiger partial charge >= 0.3 is 64.9 Å². The standard InChI is InChI=1S/C9H17O.C6H5.C4H9NO.4C2H6.3HI.V.Y/c1-7(2)6-9(4,5)8(3)10;1-2-4-6-5-3-1;1-4(6)5(2)3;4*1-2;;;;;/h7H,1,6H2,2-5H3;1-5H;1-3H3;4*1-2H3;3*1H;;/q2*-1;;;;;;;;;+3;/p-3. The molecule has 1 aromatic rings. The zero-order chi connectivity index (χ0) is 29.3. The second kappa shape index (κ2) is 49.2. The van der Waals surface area contributed by atoms with E-state index in [1.807, 2.05) is 106 Å². The summed E-state index contributed by atoms with van der Waals surface area (Å²) in [6.07, 6.45) is 0.877. The molecular formula is C27H55I3NO2VY-2. The van der Waals surface area contributed by atoms with Crippen molar-refractivity contribution in [1.82, 2.24) is 4.90 Å². The van der Waals surface area contributed by atoms with Gasteiger partial charge < -0.3 is 11.8 Å². The molecule has 0 spiro atoms. The predicted molar refractivity (Wildman–Crippen MR) is 181 cm³/mol. The van der Waals surface area contributed by atoms with Crippen LogP contribution < -0.4 is 0 Å². The molecule has 0 heterocycles. The van der Waals surface area contributed by atoms with Gasteiger partial charge in [0, 0.05) is 59.1 Å². The van der Waals surface area contributed by atoms with E-state index in [1.54, 1.807) is 21.0 Å². The van der Waals surface area contributed by atoms with Crippen molar-refractivity contribution in [3.05, 3.63) is 43.3 Å². The molecule has 0 bridgehead atoms. The minimum absolute atomic E-state index is 0. The van der Waals surface area contributed by atoms with E-state index >= 15 is 0 Å². The van der Waals surface area contributed by atoms with Gasteiger partial charge in [-0.3, -0.25) is 9.59 Å². The molecule has 1 aromatic carbocycles. The molecule has 0 fully saturated rings. The Balaban J connectivity index is -0.0000000431. The van der Waals surface area contributed by atoms with E-state index in [1.165, 1.54) is 11.8 Å². The molecule has 35 heavy (non-hydrogen) atoms. The molecule has 0 aliphatic heterocycles. The van der Waals surface area contributed by atoms with Crippen molar-refractivity contribution in [2.45, 2.75) is 96.4 Å². The van der Waals surface area contributed by atoms with Gasteiger partial charge in [0.25, 0.3) is 0 Å². The second-order valence-electron chi connectivity index (χ2n) is 6.43. The van der Waals surface area contributed by atoms with Crippen molar-refractivity contribution in [3.63, 3.8) is 0 Å². The summed E-state index contributed by atoms with van der Waals surface area (Å²) in [5.41, 5.74) is -0.179. The molecule has 0 saturated carbocycles. The first-order chi connectivity index (χ1) is 15.7. The van der Waals surface area contributed by atoms with Crippen molar-refractivity contribution < 1.29 is 47.2 Å². The summed E-state index contributed by atoms with van der Waals surface area (Å²) in [7, 11) is 3.45. The number of hydrogen-bond donors (Lipinski definition) is 0. The van der Waals surface area contributed by atoms with Crippen LogP contribution in [0.15, 0.2) is 30.3 Å². The number of carbonyl (C=O) groups is 2. The quantitative estimate of drug-likeness (QED) is 0.224. The van der Waals surface area contributed by atoms with Crippen LogP contribution in [0, 0.1) is 24.3 Å². The summed E-state index contributed by atoms with van der Waals surface area (Å²) in [4.78, 5) is 22.3. The first-order valence-electron chi connectivity index (χ1n) is 11.9. The number of carbonyl (C=O) groups excluding carboxylic acids is 2. The molecule has 1 rings (SSSR count). The fourth-order valence-corrected chi connectivity index (χ4v) is 1.36. The van der Waals surface area contributed by atoms with Crippen molar-refractivity contribution >= 4 is 71.6 Å². The van der Waals surface area contributed by atoms with Gasteiger partial charge in [-0.2, -0.15) is 42.3 Å². The first-order valence-corrected chi connectivity index (χ1v) is 25.5. The average molecular weight is 946 g/mol. The fraction of sp³-hybridized carbons (Fsp3) is 0.667. The third-order valence-corrected chi connectivity index (χ3v) is 3.05. The molecule has 1 amide bonds. The van der Waals surface area contributed by atoms with Gasteiger partial charge in [-0.15, -0.1) is 0 Å². The number of Topliss-reactive ketones (excluding diaryl/α,β-unsaturated/α-hetero) is 1. The van der Waals surface area contributed by atoms with Crippen LogP contribution in [-0.2, 0) is 47.2 Å². The topological polar surface area (TPSA) is 37.4 Å². The van der Waals surface area contributed by atoms with Crippen LogP contribution in [0.3, 0.4) is 0 Å². The zero-order valence-corrected chi connectivity index (χ0v) is 36.0. The van der Waals surface area contributed by atoms with Crippen molar-refractivity contribution in [2.24, 2.45) is 11.3 Å². The Kier molecular flexibility index (Phi) is 80.4. The van der Waals surface area contributed by atoms with E-state index in [4.69, 9.17) is 0 Å². The van der Waals surface area contributed by atoms with E-state index < -0.39 is 0 Å². The van der Waals surface area contributed by atoms with E-state index in [2.05, 4.69) is 72.9 Å². The maximum Gasteiger partial charge on any atom is 0 e. The van der Waals surface area contributed by atoms with Gasteiger partial charge in [-0.1, -0.05) is 82.6 Å². The average Bonchev–Trinajstić information content (AvgIpc) is 2.80. The first kappa shape index (κ1) is 57.2. The Morgan fingerprint density at radius 3 is 1.20 bits per heavy atom. The molecule has 1 radical (unpaired) electrons. The number of halogens is 3. The second-order valence-corrected chi connectivity index (χ2v) is 41.8. The van der Waals surface area contributed by atoms with Crippen LogP contribution in [0.1, 0.15) is 96.4 Å². The van der Waals surface area contributed by atoms with Crippen molar-refractivity contribution in [1.29, 1.82) is 0 Å². The molecule has 1 atom stereocenters. The third-order valence-electron chi connectivity index (χ3n) is 3.05. The van der Waals surface area contributed by atoms with Crippen LogP contribution in [0.2, 0.25) is 0 Å². The minimum atomic E-state index is -0.278. The van der Waals surface area contributed by atoms with Crippen LogP contribution in [0.25, 0.3) is 0 Å². The zero-order valence-electron chi connectivity index (χ0n) is 25.3. The van der Waals surface area contributed by atoms with Gasteiger partial charge in [-0.25, -0.2) is 0 Å². The molecule has 0 aliphatic rings. The summed E-state index contributed by atoms with van der Waals surface area (Å²) < 4.78 is 0. The smallest absolute Gasteiger partial charge is 0 e. The Morgan fingerprint density at radius 1 is 0.886 bits per heavy atom. The molecule has 8 heteroatoms. The van der Waals surface area contributed by atoms with Crippen LogP contribution in [0.5, 0.6) is 0 Å². The minimum Gasteiger partial charge on any atom is -0.184 e. The fourth-order valence-electron chi connectivity index (χ4n) is 1.36. The SMILES string of the molecule is CC.CC.CC.CC.CC(=O)N(C)C.[CH2-]C(C)CC(C)(C)C(C)=O.[I][V]([I])[I].[Y].[c-]1ccccc1. The summed E-state index contributed by atoms with van der Waals surface area (Å²) >= 11 is 7.39. The van der Waals surface area contributed by atoms with E-state index in [0.29, 0.717) is 5.92 Å². The van der Waals surface area contributed by atoms with E-state index in [0.717, 1.165) is 6.42 Å². The Morgan fingerprint density at radius 2 is 1.14 bits per heavy atom. The monoisotopic (exact) mass is 946 g/mol. The number of nitrogens with zero attached hydrogens (tertiary/aromatic N) is 1. The number of benzene rings is 1. The molecular weight excluding hydrogens is 891 g/mol. The largest absolute Gasteiger partial charge is 0.184 e. The van der Waals surface area contributed by atoms with Crippen LogP contribution in [0.4, 0.5) is 0 Å². The molecule has 0 aliphatic carbocycles. The summed E-state index contributed by atoms with van der Waals surface area (Å²) in [6, 6.07) is 12.5. The molecule has 0 saturated heterocycles. The van der Waals surface area contributed by atoms with Gasteiger partial charge in [0.15, 0.2) is 0 Å². The molecule has 3 nitrogen and oxygen atoms in total. The van der Waals surface area contributed by atoms with Crippen molar-refractivity contribution in [3.8, 4) is 0 Å². The van der Waals surface area contributed by atoms with E-state index in [-0.39, 0.29) is 54.7 Å². The molecule has 0 N–H and O–H groups in total. The summed E-state index contributed by atoms with van der Waals surface area (Å²) in [5, 5.41) is 0. The molecule has 0 aromatic heterocycles. The maximum atomic E-state index is 11.0. The molecule has 211 valence electrons.